The molecule has 4 aliphatic rings. The molecule has 0 nitrogen and oxygen atoms in total. The van der Waals surface area contributed by atoms with E-state index in [4.69, 9.17) is 0 Å². The van der Waals surface area contributed by atoms with E-state index in [0.29, 0.717) is 0 Å². The molecule has 1 heterocycles. The molecule has 0 N–H and O–H groups in total. The third-order valence-electron chi connectivity index (χ3n) is 11.0. The Bertz CT molecular complexity index is 1380. The van der Waals surface area contributed by atoms with E-state index >= 15 is 0 Å². The summed E-state index contributed by atoms with van der Waals surface area (Å²) in [5.41, 5.74) is 7.49. The van der Waals surface area contributed by atoms with Gasteiger partial charge in [-0.25, -0.2) is 0 Å². The molecule has 1 saturated carbocycles. The molecule has 0 spiro atoms. The van der Waals surface area contributed by atoms with Crippen LogP contribution in [0.3, 0.4) is 0 Å². The van der Waals surface area contributed by atoms with Gasteiger partial charge in [0.15, 0.2) is 0 Å². The van der Waals surface area contributed by atoms with Crippen LogP contribution in [0.4, 0.5) is 0 Å². The summed E-state index contributed by atoms with van der Waals surface area (Å²) in [6, 6.07) is 23.5. The average molecular weight is 491 g/mol. The van der Waals surface area contributed by atoms with Crippen LogP contribution in [-0.2, 0) is 6.42 Å². The van der Waals surface area contributed by atoms with E-state index in [2.05, 4.69) is 81.5 Å². The van der Waals surface area contributed by atoms with Crippen molar-refractivity contribution in [3.63, 3.8) is 0 Å². The van der Waals surface area contributed by atoms with Gasteiger partial charge in [-0.3, -0.25) is 0 Å². The van der Waals surface area contributed by atoms with Crippen molar-refractivity contribution in [3.05, 3.63) is 77.4 Å². The van der Waals surface area contributed by atoms with E-state index in [-0.39, 0.29) is 0 Å². The summed E-state index contributed by atoms with van der Waals surface area (Å²) < 4.78 is 0. The van der Waals surface area contributed by atoms with Crippen LogP contribution < -0.4 is 0 Å². The smallest absolute Gasteiger partial charge is 0.0578 e. The van der Waals surface area contributed by atoms with Crippen LogP contribution in [-0.4, -0.2) is 8.07 Å². The Balaban J connectivity index is 1.38. The van der Waals surface area contributed by atoms with Gasteiger partial charge in [-0.1, -0.05) is 119 Å². The Labute approximate surface area is 218 Å². The molecule has 5 atom stereocenters. The minimum Gasteiger partial charge on any atom is -0.0805 e. The maximum Gasteiger partial charge on any atom is 0.0578 e. The lowest BCUT2D eigenvalue weighted by atomic mass is 9.71. The van der Waals surface area contributed by atoms with E-state index in [1.165, 1.54) is 53.8 Å². The fourth-order valence-corrected chi connectivity index (χ4v) is 17.2. The maximum atomic E-state index is 2.74. The van der Waals surface area contributed by atoms with E-state index < -0.39 is 8.07 Å². The van der Waals surface area contributed by atoms with E-state index in [1.54, 1.807) is 40.2 Å². The van der Waals surface area contributed by atoms with Gasteiger partial charge in [0.1, 0.15) is 0 Å². The van der Waals surface area contributed by atoms with Gasteiger partial charge in [-0.15, -0.1) is 0 Å². The molecule has 0 amide bonds. The van der Waals surface area contributed by atoms with Gasteiger partial charge >= 0.3 is 0 Å². The second-order valence-electron chi connectivity index (χ2n) is 13.0. The molecule has 3 aromatic carbocycles. The Hall–Kier alpha value is -2.12. The van der Waals surface area contributed by atoms with Crippen molar-refractivity contribution in [2.45, 2.75) is 83.0 Å². The van der Waals surface area contributed by atoms with E-state index in [0.717, 1.165) is 35.6 Å². The lowest BCUT2D eigenvalue weighted by Gasteiger charge is -2.47. The number of fused-ring (bicyclic) bond motifs is 5. The Morgan fingerprint density at radius 1 is 0.972 bits per heavy atom. The molecule has 3 aromatic rings. The van der Waals surface area contributed by atoms with Gasteiger partial charge in [-0.2, -0.15) is 0 Å². The Morgan fingerprint density at radius 2 is 1.78 bits per heavy atom. The van der Waals surface area contributed by atoms with Crippen molar-refractivity contribution >= 4 is 35.2 Å². The zero-order chi connectivity index (χ0) is 24.4. The van der Waals surface area contributed by atoms with Gasteiger partial charge < -0.3 is 0 Å². The van der Waals surface area contributed by atoms with Crippen LogP contribution in [0.5, 0.6) is 0 Å². The Kier molecular flexibility index (Phi) is 5.58. The van der Waals surface area contributed by atoms with E-state index in [1.807, 2.05) is 0 Å². The van der Waals surface area contributed by atoms with Gasteiger partial charge in [-0.05, 0) is 91.9 Å². The third kappa shape index (κ3) is 3.38. The summed E-state index contributed by atoms with van der Waals surface area (Å²) in [6.07, 6.45) is 13.7. The molecule has 7 rings (SSSR count). The van der Waals surface area contributed by atoms with Crippen LogP contribution in [0.2, 0.25) is 23.7 Å². The second-order valence-corrected chi connectivity index (χ2v) is 17.8. The first-order chi connectivity index (χ1) is 17.6. The fraction of sp³-hybridized carbons (Fsp3) is 0.486. The van der Waals surface area contributed by atoms with Crippen molar-refractivity contribution in [3.8, 4) is 0 Å². The van der Waals surface area contributed by atoms with Crippen LogP contribution in [0.25, 0.3) is 27.1 Å². The molecule has 2 fully saturated rings. The fourth-order valence-electron chi connectivity index (χ4n) is 9.56. The van der Waals surface area contributed by atoms with Crippen LogP contribution >= 0.6 is 0 Å². The number of hydrogen-bond donors (Lipinski definition) is 0. The standard InChI is InChI=1S/C35H42Si/c1-4-23(2)22-36(17-8-5-9-18-36)35-24(3)19-31-30(35)16-15-28-21-27-13-10-12-26-20-25-11-6-7-14-29(25)34(32(26)27)33(28)31/h6-7,10-16,20,23-24,30-31,35H,4-5,8-9,17-19,21-22H2,1-3H3. The monoisotopic (exact) mass is 490 g/mol. The topological polar surface area (TPSA) is 0 Å². The largest absolute Gasteiger partial charge is 0.0805 e. The SMILES string of the molecule is CCC(C)C[Si]1(C2C(C)CC3C4=C(C=CC32)Cc2cccc3cc5ccccc5c4c23)CCCCC1. The highest BCUT2D eigenvalue weighted by Gasteiger charge is 2.54. The first-order valence-electron chi connectivity index (χ1n) is 14.9. The molecule has 0 bridgehead atoms. The first kappa shape index (κ1) is 23.0. The highest BCUT2D eigenvalue weighted by atomic mass is 28.3. The maximum absolute atomic E-state index is 2.74. The number of benzene rings is 3. The first-order valence-corrected chi connectivity index (χ1v) is 17.6. The summed E-state index contributed by atoms with van der Waals surface area (Å²) in [4.78, 5) is 0. The minimum atomic E-state index is -1.32. The minimum absolute atomic E-state index is 0.718. The lowest BCUT2D eigenvalue weighted by Crippen LogP contribution is -2.46. The predicted octanol–water partition coefficient (Wildman–Crippen LogP) is 10.2. The van der Waals surface area contributed by atoms with Gasteiger partial charge in [0.05, 0.1) is 8.07 Å². The second kappa shape index (κ2) is 8.73. The van der Waals surface area contributed by atoms with Crippen molar-refractivity contribution in [2.24, 2.45) is 23.7 Å². The van der Waals surface area contributed by atoms with Crippen molar-refractivity contribution < 1.29 is 0 Å². The summed E-state index contributed by atoms with van der Waals surface area (Å²) >= 11 is 0. The van der Waals surface area contributed by atoms with E-state index in [9.17, 15) is 0 Å². The summed E-state index contributed by atoms with van der Waals surface area (Å²) in [6.45, 7) is 7.65. The molecular formula is C35H42Si. The molecule has 1 aliphatic heterocycles. The predicted molar refractivity (Wildman–Crippen MR) is 159 cm³/mol. The summed E-state index contributed by atoms with van der Waals surface area (Å²) in [7, 11) is -1.32. The number of allylic oxidation sites excluding steroid dienone is 4. The molecule has 186 valence electrons. The molecule has 0 aromatic heterocycles. The lowest BCUT2D eigenvalue weighted by molar-refractivity contribution is 0.507. The average Bonchev–Trinajstić information content (AvgIpc) is 3.25. The van der Waals surface area contributed by atoms with Gasteiger partial charge in [0.2, 0.25) is 0 Å². The van der Waals surface area contributed by atoms with Crippen LogP contribution in [0, 0.1) is 23.7 Å². The molecular weight excluding hydrogens is 448 g/mol. The Morgan fingerprint density at radius 3 is 2.61 bits per heavy atom. The highest BCUT2D eigenvalue weighted by Crippen LogP contribution is 2.63. The summed E-state index contributed by atoms with van der Waals surface area (Å²) in [5.74, 6) is 3.26. The zero-order valence-corrected chi connectivity index (χ0v) is 23.5. The van der Waals surface area contributed by atoms with Gasteiger partial charge in [0, 0.05) is 0 Å². The summed E-state index contributed by atoms with van der Waals surface area (Å²) in [5, 5.41) is 5.90. The van der Waals surface area contributed by atoms with Gasteiger partial charge in [0.25, 0.3) is 0 Å². The van der Waals surface area contributed by atoms with Crippen molar-refractivity contribution in [2.75, 3.05) is 0 Å². The highest BCUT2D eigenvalue weighted by molar-refractivity contribution is 6.81. The van der Waals surface area contributed by atoms with Crippen LogP contribution in [0.15, 0.2) is 66.3 Å². The molecule has 3 aliphatic carbocycles. The molecule has 36 heavy (non-hydrogen) atoms. The molecule has 5 unspecified atom stereocenters. The van der Waals surface area contributed by atoms with Crippen molar-refractivity contribution in [1.29, 1.82) is 0 Å². The quantitative estimate of drug-likeness (QED) is 0.252. The molecule has 1 saturated heterocycles. The number of hydrogen-bond acceptors (Lipinski definition) is 0. The molecule has 1 heteroatoms. The van der Waals surface area contributed by atoms with Crippen molar-refractivity contribution in [1.82, 2.24) is 0 Å². The van der Waals surface area contributed by atoms with Crippen LogP contribution in [0.1, 0.15) is 64.0 Å². The number of rotatable bonds is 4. The molecule has 0 radical (unpaired) electrons. The zero-order valence-electron chi connectivity index (χ0n) is 22.5. The third-order valence-corrected chi connectivity index (χ3v) is 17.6. The normalized spacial score (nSPS) is 29.4.